The van der Waals surface area contributed by atoms with Crippen LogP contribution in [0.1, 0.15) is 55.0 Å². The summed E-state index contributed by atoms with van der Waals surface area (Å²) in [5, 5.41) is 14.3. The molecule has 1 fully saturated rings. The van der Waals surface area contributed by atoms with Crippen LogP contribution in [0.4, 0.5) is 11.4 Å². The number of amides is 2. The molecule has 3 aromatic rings. The fourth-order valence-corrected chi connectivity index (χ4v) is 4.59. The number of nitrogens with one attached hydrogen (secondary N) is 1. The third kappa shape index (κ3) is 4.82. The van der Waals surface area contributed by atoms with Crippen molar-refractivity contribution in [1.29, 1.82) is 0 Å². The lowest BCUT2D eigenvalue weighted by molar-refractivity contribution is -0.132. The maximum Gasteiger partial charge on any atom is 0.300 e. The van der Waals surface area contributed by atoms with Crippen molar-refractivity contribution in [2.45, 2.75) is 39.7 Å². The molecule has 2 heterocycles. The summed E-state index contributed by atoms with van der Waals surface area (Å²) in [7, 11) is 1.59. The highest BCUT2D eigenvalue weighted by molar-refractivity contribution is 6.51. The second-order valence-corrected chi connectivity index (χ2v) is 9.25. The van der Waals surface area contributed by atoms with Gasteiger partial charge in [-0.2, -0.15) is 0 Å². The largest absolute Gasteiger partial charge is 0.507 e. The number of rotatable bonds is 6. The van der Waals surface area contributed by atoms with Crippen molar-refractivity contribution in [3.8, 4) is 5.75 Å². The Morgan fingerprint density at radius 3 is 2.41 bits per heavy atom. The number of methoxy groups -OCH3 is 1. The van der Waals surface area contributed by atoms with Crippen molar-refractivity contribution in [2.75, 3.05) is 17.3 Å². The Morgan fingerprint density at radius 2 is 1.84 bits per heavy atom. The number of nitrogens with zero attached hydrogens (tertiary/aromatic N) is 2. The lowest BCUT2D eigenvalue weighted by Gasteiger charge is -2.25. The Labute approximate surface area is 215 Å². The van der Waals surface area contributed by atoms with E-state index in [1.165, 1.54) is 11.8 Å². The number of aliphatic hydroxyl groups is 1. The molecule has 0 spiro atoms. The van der Waals surface area contributed by atoms with Crippen LogP contribution >= 0.6 is 0 Å². The van der Waals surface area contributed by atoms with Crippen LogP contribution in [-0.2, 0) is 14.4 Å². The summed E-state index contributed by atoms with van der Waals surface area (Å²) in [5.74, 6) is -1.25. The van der Waals surface area contributed by atoms with Gasteiger partial charge in [-0.25, -0.2) is 0 Å². The van der Waals surface area contributed by atoms with Crippen molar-refractivity contribution in [1.82, 2.24) is 4.98 Å². The van der Waals surface area contributed by atoms with Gasteiger partial charge in [-0.05, 0) is 72.0 Å². The van der Waals surface area contributed by atoms with E-state index in [1.54, 1.807) is 55.9 Å². The van der Waals surface area contributed by atoms with Crippen molar-refractivity contribution in [3.05, 3.63) is 88.8 Å². The highest BCUT2D eigenvalue weighted by atomic mass is 16.5. The van der Waals surface area contributed by atoms with Gasteiger partial charge in [0, 0.05) is 36.3 Å². The number of benzene rings is 2. The number of carbonyl (C=O) groups excluding carboxylic acids is 3. The molecule has 1 atom stereocenters. The maximum atomic E-state index is 13.4. The second-order valence-electron chi connectivity index (χ2n) is 9.25. The van der Waals surface area contributed by atoms with E-state index in [1.807, 2.05) is 32.9 Å². The number of hydrogen-bond donors (Lipinski definition) is 2. The number of Topliss-reactive ketones (excluding diaryl/α,β-unsaturated/α-hetero) is 1. The van der Waals surface area contributed by atoms with Crippen molar-refractivity contribution in [2.24, 2.45) is 0 Å². The normalized spacial score (nSPS) is 16.8. The third-order valence-electron chi connectivity index (χ3n) is 6.36. The Hall–Kier alpha value is -4.46. The Bertz CT molecular complexity index is 1400. The molecule has 1 aromatic heterocycles. The fraction of sp³-hybridized carbons (Fsp3) is 0.241. The minimum atomic E-state index is -0.899. The SMILES string of the molecule is COc1cc(C)c(/C(O)=C2\C(=O)C(=O)N(c3ccc(NC(C)=O)cc3)C2c2cccnc2)cc1C(C)C. The summed E-state index contributed by atoms with van der Waals surface area (Å²) in [6.07, 6.45) is 3.17. The van der Waals surface area contributed by atoms with Gasteiger partial charge in [-0.15, -0.1) is 0 Å². The molecular weight excluding hydrogens is 470 g/mol. The van der Waals surface area contributed by atoms with Crippen LogP contribution < -0.4 is 15.0 Å². The van der Waals surface area contributed by atoms with Crippen LogP contribution in [0.2, 0.25) is 0 Å². The zero-order valence-electron chi connectivity index (χ0n) is 21.4. The van der Waals surface area contributed by atoms with Gasteiger partial charge in [0.25, 0.3) is 11.7 Å². The molecule has 0 bridgehead atoms. The molecule has 2 N–H and O–H groups in total. The van der Waals surface area contributed by atoms with E-state index in [0.717, 1.165) is 5.56 Å². The quantitative estimate of drug-likeness (QED) is 0.277. The number of aryl methyl sites for hydroxylation is 1. The number of anilines is 2. The van der Waals surface area contributed by atoms with Crippen LogP contribution in [0.15, 0.2) is 66.5 Å². The first-order valence-electron chi connectivity index (χ1n) is 11.9. The fourth-order valence-electron chi connectivity index (χ4n) is 4.59. The van der Waals surface area contributed by atoms with E-state index in [2.05, 4.69) is 10.3 Å². The summed E-state index contributed by atoms with van der Waals surface area (Å²) in [6, 6.07) is 12.8. The monoisotopic (exact) mass is 499 g/mol. The van der Waals surface area contributed by atoms with Crippen LogP contribution in [0, 0.1) is 6.92 Å². The lowest BCUT2D eigenvalue weighted by atomic mass is 9.91. The predicted octanol–water partition coefficient (Wildman–Crippen LogP) is 5.11. The number of ether oxygens (including phenoxy) is 1. The van der Waals surface area contributed by atoms with Crippen molar-refractivity contribution < 1.29 is 24.2 Å². The van der Waals surface area contributed by atoms with Crippen LogP contribution in [-0.4, -0.2) is 34.8 Å². The van der Waals surface area contributed by atoms with Crippen LogP contribution in [0.25, 0.3) is 5.76 Å². The van der Waals surface area contributed by atoms with Gasteiger partial charge in [0.2, 0.25) is 5.91 Å². The molecule has 0 saturated carbocycles. The first-order valence-corrected chi connectivity index (χ1v) is 11.9. The number of pyridine rings is 1. The summed E-state index contributed by atoms with van der Waals surface area (Å²) >= 11 is 0. The molecule has 1 unspecified atom stereocenters. The molecule has 1 aliphatic heterocycles. The Morgan fingerprint density at radius 1 is 1.14 bits per heavy atom. The van der Waals surface area contributed by atoms with Gasteiger partial charge in [-0.3, -0.25) is 24.3 Å². The lowest BCUT2D eigenvalue weighted by Crippen LogP contribution is -2.29. The van der Waals surface area contributed by atoms with Gasteiger partial charge < -0.3 is 15.2 Å². The third-order valence-corrected chi connectivity index (χ3v) is 6.36. The molecular formula is C29H29N3O5. The molecule has 8 heteroatoms. The van der Waals surface area contributed by atoms with Crippen molar-refractivity contribution >= 4 is 34.7 Å². The molecule has 0 radical (unpaired) electrons. The van der Waals surface area contributed by atoms with Gasteiger partial charge in [0.1, 0.15) is 11.5 Å². The molecule has 2 aromatic carbocycles. The van der Waals surface area contributed by atoms with Crippen LogP contribution in [0.3, 0.4) is 0 Å². The van der Waals surface area contributed by atoms with E-state index in [-0.39, 0.29) is 23.2 Å². The summed E-state index contributed by atoms with van der Waals surface area (Å²) < 4.78 is 5.52. The number of aliphatic hydroxyl groups excluding tert-OH is 1. The number of aromatic nitrogens is 1. The van der Waals surface area contributed by atoms with E-state index in [9.17, 15) is 19.5 Å². The average molecular weight is 500 g/mol. The molecule has 1 aliphatic rings. The molecule has 37 heavy (non-hydrogen) atoms. The van der Waals surface area contributed by atoms with E-state index < -0.39 is 17.7 Å². The van der Waals surface area contributed by atoms with Gasteiger partial charge >= 0.3 is 0 Å². The zero-order chi connectivity index (χ0) is 26.9. The second kappa shape index (κ2) is 10.3. The predicted molar refractivity (Wildman–Crippen MR) is 142 cm³/mol. The summed E-state index contributed by atoms with van der Waals surface area (Å²) in [4.78, 5) is 43.8. The molecule has 2 amide bonds. The van der Waals surface area contributed by atoms with E-state index in [0.29, 0.717) is 33.8 Å². The molecule has 8 nitrogen and oxygen atoms in total. The minimum Gasteiger partial charge on any atom is -0.507 e. The smallest absolute Gasteiger partial charge is 0.300 e. The van der Waals surface area contributed by atoms with Crippen molar-refractivity contribution in [3.63, 3.8) is 0 Å². The van der Waals surface area contributed by atoms with E-state index in [4.69, 9.17) is 4.74 Å². The first kappa shape index (κ1) is 25.6. The number of ketones is 1. The highest BCUT2D eigenvalue weighted by Gasteiger charge is 2.47. The topological polar surface area (TPSA) is 109 Å². The average Bonchev–Trinajstić information content (AvgIpc) is 3.14. The van der Waals surface area contributed by atoms with Gasteiger partial charge in [0.05, 0.1) is 18.7 Å². The minimum absolute atomic E-state index is 0.0214. The molecule has 1 saturated heterocycles. The standard InChI is InChI=1S/C29H29N3O5/c1-16(2)22-14-23(17(3)13-24(22)37-5)27(34)25-26(19-7-6-12-30-15-19)32(29(36)28(25)35)21-10-8-20(9-11-21)31-18(4)33/h6-16,26,34H,1-5H3,(H,31,33)/b27-25+. The Kier molecular flexibility index (Phi) is 7.11. The molecule has 0 aliphatic carbocycles. The zero-order valence-corrected chi connectivity index (χ0v) is 21.4. The van der Waals surface area contributed by atoms with Gasteiger partial charge in [0.15, 0.2) is 0 Å². The highest BCUT2D eigenvalue weighted by Crippen LogP contribution is 2.43. The number of hydrogen-bond acceptors (Lipinski definition) is 6. The first-order chi connectivity index (χ1) is 17.6. The summed E-state index contributed by atoms with van der Waals surface area (Å²) in [6.45, 7) is 7.24. The number of carbonyl (C=O) groups is 3. The molecule has 4 rings (SSSR count). The Balaban J connectivity index is 1.91. The molecule has 190 valence electrons. The van der Waals surface area contributed by atoms with Crippen LogP contribution in [0.5, 0.6) is 5.75 Å². The van der Waals surface area contributed by atoms with E-state index >= 15 is 0 Å². The van der Waals surface area contributed by atoms with Gasteiger partial charge in [-0.1, -0.05) is 19.9 Å². The summed E-state index contributed by atoms with van der Waals surface area (Å²) in [5.41, 5.74) is 3.58. The maximum absolute atomic E-state index is 13.4.